The van der Waals surface area contributed by atoms with Crippen molar-refractivity contribution in [3.05, 3.63) is 53.6 Å². The minimum atomic E-state index is -2.45. The molecule has 23 heavy (non-hydrogen) atoms. The lowest BCUT2D eigenvalue weighted by molar-refractivity contribution is -0.116. The standard InChI is InChI=1S/C16H15ClF2N2OS/c1-10(15(22)21-13-4-2-11(17)3-5-13)20-12-6-8-14(9-7-12)23-16(18)19/h2-10,16,20H,1H3,(H,21,22)/t10-/m1/s1. The third kappa shape index (κ3) is 5.73. The SMILES string of the molecule is C[C@@H](Nc1ccc(SC(F)F)cc1)C(=O)Nc1ccc(Cl)cc1. The fraction of sp³-hybridized carbons (Fsp3) is 0.188. The highest BCUT2D eigenvalue weighted by Crippen LogP contribution is 2.26. The molecular weight excluding hydrogens is 342 g/mol. The molecule has 0 aromatic heterocycles. The Bertz CT molecular complexity index is 650. The van der Waals surface area contributed by atoms with Crippen molar-refractivity contribution < 1.29 is 13.6 Å². The minimum Gasteiger partial charge on any atom is -0.374 e. The maximum absolute atomic E-state index is 12.3. The summed E-state index contributed by atoms with van der Waals surface area (Å²) < 4.78 is 24.5. The van der Waals surface area contributed by atoms with E-state index in [2.05, 4.69) is 10.6 Å². The number of carbonyl (C=O) groups excluding carboxylic acids is 1. The highest BCUT2D eigenvalue weighted by Gasteiger charge is 2.13. The van der Waals surface area contributed by atoms with E-state index < -0.39 is 11.8 Å². The molecule has 3 nitrogen and oxygen atoms in total. The number of rotatable bonds is 6. The number of hydrogen-bond acceptors (Lipinski definition) is 3. The van der Waals surface area contributed by atoms with Crippen LogP contribution in [0.3, 0.4) is 0 Å². The molecule has 0 unspecified atom stereocenters. The van der Waals surface area contributed by atoms with Gasteiger partial charge in [0, 0.05) is 21.3 Å². The Hall–Kier alpha value is -1.79. The minimum absolute atomic E-state index is 0.210. The monoisotopic (exact) mass is 356 g/mol. The Morgan fingerprint density at radius 3 is 2.17 bits per heavy atom. The molecule has 0 radical (unpaired) electrons. The van der Waals surface area contributed by atoms with Gasteiger partial charge in [-0.3, -0.25) is 4.79 Å². The number of thioether (sulfide) groups is 1. The molecule has 0 aliphatic rings. The van der Waals surface area contributed by atoms with Crippen LogP contribution in [0.1, 0.15) is 6.92 Å². The number of benzene rings is 2. The first-order chi connectivity index (χ1) is 10.9. The van der Waals surface area contributed by atoms with Crippen LogP contribution < -0.4 is 10.6 Å². The van der Waals surface area contributed by atoms with Crippen LogP contribution in [0.2, 0.25) is 5.02 Å². The Labute approximate surface area is 142 Å². The lowest BCUT2D eigenvalue weighted by atomic mass is 10.2. The van der Waals surface area contributed by atoms with Crippen LogP contribution in [-0.4, -0.2) is 17.7 Å². The Balaban J connectivity index is 1.91. The van der Waals surface area contributed by atoms with Gasteiger partial charge in [-0.15, -0.1) is 0 Å². The normalized spacial score (nSPS) is 12.0. The first-order valence-electron chi connectivity index (χ1n) is 6.82. The van der Waals surface area contributed by atoms with E-state index in [0.717, 1.165) is 0 Å². The van der Waals surface area contributed by atoms with E-state index in [1.165, 1.54) is 0 Å². The average Bonchev–Trinajstić information content (AvgIpc) is 2.51. The average molecular weight is 357 g/mol. The number of halogens is 3. The number of anilines is 2. The fourth-order valence-electron chi connectivity index (χ4n) is 1.83. The lowest BCUT2D eigenvalue weighted by Crippen LogP contribution is -2.31. The summed E-state index contributed by atoms with van der Waals surface area (Å²) in [5, 5.41) is 6.38. The Kier molecular flexibility index (Phi) is 6.24. The van der Waals surface area contributed by atoms with Gasteiger partial charge < -0.3 is 10.6 Å². The van der Waals surface area contributed by atoms with Gasteiger partial charge in [0.25, 0.3) is 5.76 Å². The van der Waals surface area contributed by atoms with Gasteiger partial charge in [0.05, 0.1) is 0 Å². The molecule has 7 heteroatoms. The van der Waals surface area contributed by atoms with Gasteiger partial charge >= 0.3 is 0 Å². The summed E-state index contributed by atoms with van der Waals surface area (Å²) in [5.41, 5.74) is 1.33. The van der Waals surface area contributed by atoms with Crippen LogP contribution >= 0.6 is 23.4 Å². The molecule has 0 aliphatic carbocycles. The summed E-state index contributed by atoms with van der Waals surface area (Å²) in [7, 11) is 0. The molecule has 1 atom stereocenters. The molecule has 2 rings (SSSR count). The number of carbonyl (C=O) groups is 1. The third-order valence-corrected chi connectivity index (χ3v) is 3.94. The zero-order chi connectivity index (χ0) is 16.8. The number of alkyl halides is 2. The molecule has 0 spiro atoms. The van der Waals surface area contributed by atoms with Crippen molar-refractivity contribution in [2.24, 2.45) is 0 Å². The molecule has 0 aliphatic heterocycles. The third-order valence-electron chi connectivity index (χ3n) is 2.97. The zero-order valence-corrected chi connectivity index (χ0v) is 13.8. The van der Waals surface area contributed by atoms with Crippen molar-refractivity contribution in [3.8, 4) is 0 Å². The topological polar surface area (TPSA) is 41.1 Å². The van der Waals surface area contributed by atoms with Crippen LogP contribution in [0.5, 0.6) is 0 Å². The number of nitrogens with one attached hydrogen (secondary N) is 2. The van der Waals surface area contributed by atoms with E-state index >= 15 is 0 Å². The second-order valence-corrected chi connectivity index (χ2v) is 6.26. The molecule has 122 valence electrons. The largest absolute Gasteiger partial charge is 0.374 e. The Morgan fingerprint density at radius 1 is 1.04 bits per heavy atom. The van der Waals surface area contributed by atoms with Crippen LogP contribution in [0.4, 0.5) is 20.2 Å². The molecule has 0 fully saturated rings. The summed E-state index contributed by atoms with van der Waals surface area (Å²) in [5.74, 6) is -2.66. The molecule has 2 N–H and O–H groups in total. The van der Waals surface area contributed by atoms with Crippen molar-refractivity contribution in [1.82, 2.24) is 0 Å². The van der Waals surface area contributed by atoms with Gasteiger partial charge in [0.1, 0.15) is 6.04 Å². The predicted molar refractivity (Wildman–Crippen MR) is 91.5 cm³/mol. The van der Waals surface area contributed by atoms with E-state index in [1.54, 1.807) is 55.5 Å². The predicted octanol–water partition coefficient (Wildman–Crippen LogP) is 5.09. The van der Waals surface area contributed by atoms with Gasteiger partial charge in [-0.2, -0.15) is 8.78 Å². The summed E-state index contributed by atoms with van der Waals surface area (Å²) in [6.45, 7) is 1.72. The van der Waals surface area contributed by atoms with Crippen molar-refractivity contribution in [2.75, 3.05) is 10.6 Å². The van der Waals surface area contributed by atoms with Crippen LogP contribution in [0, 0.1) is 0 Å². The highest BCUT2D eigenvalue weighted by molar-refractivity contribution is 7.99. The molecule has 1 amide bonds. The van der Waals surface area contributed by atoms with Crippen molar-refractivity contribution in [1.29, 1.82) is 0 Å². The second-order valence-electron chi connectivity index (χ2n) is 4.77. The van der Waals surface area contributed by atoms with E-state index in [4.69, 9.17) is 11.6 Å². The van der Waals surface area contributed by atoms with Gasteiger partial charge in [0.15, 0.2) is 0 Å². The van der Waals surface area contributed by atoms with E-state index in [0.29, 0.717) is 33.1 Å². The summed E-state index contributed by atoms with van der Waals surface area (Å²) in [4.78, 5) is 12.6. The molecular formula is C16H15ClF2N2OS. The van der Waals surface area contributed by atoms with Gasteiger partial charge in [0.2, 0.25) is 5.91 Å². The second kappa shape index (κ2) is 8.17. The number of amides is 1. The number of hydrogen-bond donors (Lipinski definition) is 2. The van der Waals surface area contributed by atoms with Crippen molar-refractivity contribution >= 4 is 40.6 Å². The highest BCUT2D eigenvalue weighted by atomic mass is 35.5. The van der Waals surface area contributed by atoms with E-state index in [-0.39, 0.29) is 5.91 Å². The van der Waals surface area contributed by atoms with Crippen molar-refractivity contribution in [2.45, 2.75) is 23.6 Å². The molecule has 0 saturated heterocycles. The summed E-state index contributed by atoms with van der Waals surface area (Å²) in [6.07, 6.45) is 0. The van der Waals surface area contributed by atoms with Crippen LogP contribution in [-0.2, 0) is 4.79 Å². The molecule has 0 saturated carbocycles. The maximum Gasteiger partial charge on any atom is 0.288 e. The summed E-state index contributed by atoms with van der Waals surface area (Å²) in [6, 6.07) is 12.8. The van der Waals surface area contributed by atoms with Crippen LogP contribution in [0.15, 0.2) is 53.4 Å². The first-order valence-corrected chi connectivity index (χ1v) is 8.07. The summed E-state index contributed by atoms with van der Waals surface area (Å²) >= 11 is 6.27. The molecule has 0 bridgehead atoms. The first kappa shape index (κ1) is 17.6. The van der Waals surface area contributed by atoms with Crippen molar-refractivity contribution in [3.63, 3.8) is 0 Å². The molecule has 0 heterocycles. The maximum atomic E-state index is 12.3. The van der Waals surface area contributed by atoms with Gasteiger partial charge in [-0.25, -0.2) is 0 Å². The van der Waals surface area contributed by atoms with E-state index in [1.807, 2.05) is 0 Å². The van der Waals surface area contributed by atoms with Gasteiger partial charge in [-0.1, -0.05) is 23.4 Å². The fourth-order valence-corrected chi connectivity index (χ4v) is 2.46. The van der Waals surface area contributed by atoms with E-state index in [9.17, 15) is 13.6 Å². The smallest absolute Gasteiger partial charge is 0.288 e. The molecule has 2 aromatic carbocycles. The Morgan fingerprint density at radius 2 is 1.61 bits per heavy atom. The van der Waals surface area contributed by atoms with Crippen LogP contribution in [0.25, 0.3) is 0 Å². The molecule has 2 aromatic rings. The lowest BCUT2D eigenvalue weighted by Gasteiger charge is -2.15. The zero-order valence-electron chi connectivity index (χ0n) is 12.2. The van der Waals surface area contributed by atoms with Gasteiger partial charge in [-0.05, 0) is 55.5 Å². The quantitative estimate of drug-likeness (QED) is 0.708.